The summed E-state index contributed by atoms with van der Waals surface area (Å²) in [7, 11) is 1.64. The first-order valence-electron chi connectivity index (χ1n) is 5.48. The largest absolute Gasteiger partial charge is 0.397 e. The molecule has 0 aromatic carbocycles. The van der Waals surface area contributed by atoms with Crippen LogP contribution in [0, 0.1) is 12.3 Å². The fraction of sp³-hybridized carbons (Fsp3) is 0.583. The summed E-state index contributed by atoms with van der Waals surface area (Å²) in [6, 6.07) is 0. The molecular weight excluding hydrogens is 282 g/mol. The summed E-state index contributed by atoms with van der Waals surface area (Å²) in [6.45, 7) is 9.15. The lowest BCUT2D eigenvalue weighted by Crippen LogP contribution is -2.32. The topological polar surface area (TPSA) is 51.4 Å². The number of rotatable bonds is 3. The van der Waals surface area contributed by atoms with Crippen molar-refractivity contribution in [2.24, 2.45) is 5.41 Å². The monoisotopic (exact) mass is 301 g/mol. The highest BCUT2D eigenvalue weighted by atomic mass is 79.9. The Hall–Kier alpha value is -0.810. The normalized spacial score (nSPS) is 11.6. The first-order valence-corrected chi connectivity index (χ1v) is 6.28. The molecule has 0 saturated heterocycles. The van der Waals surface area contributed by atoms with Crippen LogP contribution in [0.3, 0.4) is 0 Å². The minimum Gasteiger partial charge on any atom is -0.397 e. The number of nitrogens with zero attached hydrogens (tertiary/aromatic N) is 2. The lowest BCUT2D eigenvalue weighted by atomic mass is 9.97. The van der Waals surface area contributed by atoms with Crippen molar-refractivity contribution in [2.45, 2.75) is 27.7 Å². The molecule has 5 heteroatoms. The Morgan fingerprint density at radius 2 is 2.06 bits per heavy atom. The van der Waals surface area contributed by atoms with Gasteiger partial charge in [-0.25, -0.2) is 10.0 Å². The van der Waals surface area contributed by atoms with Gasteiger partial charge in [0, 0.05) is 0 Å². The highest BCUT2D eigenvalue weighted by Crippen LogP contribution is 2.32. The molecule has 1 heterocycles. The number of nitrogen functional groups attached to an aromatic ring is 1. The summed E-state index contributed by atoms with van der Waals surface area (Å²) in [4.78, 5) is 9.71. The van der Waals surface area contributed by atoms with E-state index < -0.39 is 0 Å². The van der Waals surface area contributed by atoms with Crippen LogP contribution < -0.4 is 10.8 Å². The zero-order valence-corrected chi connectivity index (χ0v) is 12.6. The summed E-state index contributed by atoms with van der Waals surface area (Å²) >= 11 is 3.52. The molecule has 4 nitrogen and oxygen atoms in total. The van der Waals surface area contributed by atoms with Crippen molar-refractivity contribution in [3.8, 4) is 0 Å². The molecule has 0 atom stereocenters. The van der Waals surface area contributed by atoms with Crippen LogP contribution in [-0.2, 0) is 4.84 Å². The lowest BCUT2D eigenvalue weighted by Gasteiger charge is -2.29. The van der Waals surface area contributed by atoms with Gasteiger partial charge < -0.3 is 5.73 Å². The third kappa shape index (κ3) is 3.57. The quantitative estimate of drug-likeness (QED) is 0.872. The third-order valence-corrected chi connectivity index (χ3v) is 3.31. The number of anilines is 2. The molecule has 0 aliphatic rings. The highest BCUT2D eigenvalue weighted by Gasteiger charge is 2.21. The molecule has 17 heavy (non-hydrogen) atoms. The highest BCUT2D eigenvalue weighted by molar-refractivity contribution is 9.10. The van der Waals surface area contributed by atoms with Crippen LogP contribution in [0.2, 0.25) is 0 Å². The van der Waals surface area contributed by atoms with E-state index in [4.69, 9.17) is 10.6 Å². The van der Waals surface area contributed by atoms with Crippen molar-refractivity contribution in [3.63, 3.8) is 0 Å². The van der Waals surface area contributed by atoms with Gasteiger partial charge in [-0.15, -0.1) is 0 Å². The van der Waals surface area contributed by atoms with E-state index in [-0.39, 0.29) is 5.41 Å². The first kappa shape index (κ1) is 14.3. The molecule has 96 valence electrons. The molecule has 0 saturated carbocycles. The van der Waals surface area contributed by atoms with E-state index in [1.165, 1.54) is 0 Å². The standard InChI is InChI=1S/C12H20BrN3O/c1-8-9(14)6-15-11(10(8)13)16(17-5)7-12(2,3)4/h6H,7,14H2,1-5H3. The first-order chi connectivity index (χ1) is 7.76. The van der Waals surface area contributed by atoms with Crippen LogP contribution in [-0.4, -0.2) is 18.6 Å². The fourth-order valence-corrected chi connectivity index (χ4v) is 1.94. The van der Waals surface area contributed by atoms with Crippen molar-refractivity contribution in [1.82, 2.24) is 4.98 Å². The van der Waals surface area contributed by atoms with Crippen molar-refractivity contribution in [2.75, 3.05) is 24.5 Å². The van der Waals surface area contributed by atoms with E-state index in [2.05, 4.69) is 41.7 Å². The zero-order valence-electron chi connectivity index (χ0n) is 11.0. The van der Waals surface area contributed by atoms with Gasteiger partial charge in [-0.1, -0.05) is 20.8 Å². The van der Waals surface area contributed by atoms with Gasteiger partial charge in [0.05, 0.1) is 30.0 Å². The van der Waals surface area contributed by atoms with Crippen molar-refractivity contribution >= 4 is 27.4 Å². The maximum absolute atomic E-state index is 5.81. The van der Waals surface area contributed by atoms with E-state index in [1.807, 2.05) is 6.92 Å². The van der Waals surface area contributed by atoms with Crippen molar-refractivity contribution < 1.29 is 4.84 Å². The van der Waals surface area contributed by atoms with Gasteiger partial charge >= 0.3 is 0 Å². The molecule has 1 aromatic rings. The third-order valence-electron chi connectivity index (χ3n) is 2.36. The Morgan fingerprint density at radius 3 is 2.53 bits per heavy atom. The molecule has 0 bridgehead atoms. The smallest absolute Gasteiger partial charge is 0.167 e. The number of hydrogen-bond acceptors (Lipinski definition) is 4. The predicted octanol–water partition coefficient (Wildman–Crippen LogP) is 3.15. The molecule has 1 aromatic heterocycles. The number of hydroxylamine groups is 1. The number of pyridine rings is 1. The van der Waals surface area contributed by atoms with Gasteiger partial charge in [-0.2, -0.15) is 0 Å². The molecule has 0 amide bonds. The van der Waals surface area contributed by atoms with E-state index >= 15 is 0 Å². The minimum absolute atomic E-state index is 0.117. The second-order valence-corrected chi connectivity index (χ2v) is 6.05. The predicted molar refractivity (Wildman–Crippen MR) is 74.9 cm³/mol. The number of halogens is 1. The van der Waals surface area contributed by atoms with Crippen LogP contribution >= 0.6 is 15.9 Å². The van der Waals surface area contributed by atoms with Gasteiger partial charge in [-0.3, -0.25) is 4.84 Å². The second kappa shape index (κ2) is 5.23. The van der Waals surface area contributed by atoms with Crippen molar-refractivity contribution in [1.29, 1.82) is 0 Å². The summed E-state index contributed by atoms with van der Waals surface area (Å²) in [5, 5.41) is 1.77. The second-order valence-electron chi connectivity index (χ2n) is 5.26. The van der Waals surface area contributed by atoms with Gasteiger partial charge in [0.25, 0.3) is 0 Å². The maximum Gasteiger partial charge on any atom is 0.167 e. The number of nitrogens with two attached hydrogens (primary N) is 1. The maximum atomic E-state index is 5.81. The molecule has 2 N–H and O–H groups in total. The number of hydrogen-bond donors (Lipinski definition) is 1. The molecular formula is C12H20BrN3O. The van der Waals surface area contributed by atoms with Crippen molar-refractivity contribution in [3.05, 3.63) is 16.2 Å². The Balaban J connectivity index is 3.09. The Labute approximate surface area is 111 Å². The average molecular weight is 302 g/mol. The molecule has 0 aliphatic heterocycles. The van der Waals surface area contributed by atoms with Crippen LogP contribution in [0.4, 0.5) is 11.5 Å². The molecule has 0 unspecified atom stereocenters. The molecule has 0 radical (unpaired) electrons. The summed E-state index contributed by atoms with van der Waals surface area (Å²) < 4.78 is 0.878. The molecule has 1 rings (SSSR count). The van der Waals surface area contributed by atoms with Gasteiger partial charge in [-0.05, 0) is 33.8 Å². The molecule has 0 fully saturated rings. The van der Waals surface area contributed by atoms with E-state index in [0.29, 0.717) is 5.69 Å². The SMILES string of the molecule is CON(CC(C)(C)C)c1ncc(N)c(C)c1Br. The Bertz CT molecular complexity index is 401. The minimum atomic E-state index is 0.117. The lowest BCUT2D eigenvalue weighted by molar-refractivity contribution is 0.139. The van der Waals surface area contributed by atoms with Crippen LogP contribution in [0.25, 0.3) is 0 Å². The van der Waals surface area contributed by atoms with Crippen LogP contribution in [0.1, 0.15) is 26.3 Å². The van der Waals surface area contributed by atoms with E-state index in [0.717, 1.165) is 22.4 Å². The Kier molecular flexibility index (Phi) is 4.38. The molecule has 0 spiro atoms. The van der Waals surface area contributed by atoms with E-state index in [9.17, 15) is 0 Å². The fourth-order valence-electron chi connectivity index (χ4n) is 1.41. The zero-order chi connectivity index (χ0) is 13.2. The van der Waals surface area contributed by atoms with Gasteiger partial charge in [0.1, 0.15) is 0 Å². The number of aromatic nitrogens is 1. The van der Waals surface area contributed by atoms with E-state index in [1.54, 1.807) is 18.4 Å². The Morgan fingerprint density at radius 1 is 1.47 bits per heavy atom. The van der Waals surface area contributed by atoms with Gasteiger partial charge in [0.15, 0.2) is 5.82 Å². The average Bonchev–Trinajstić information content (AvgIpc) is 2.22. The molecule has 0 aliphatic carbocycles. The summed E-state index contributed by atoms with van der Waals surface area (Å²) in [6.07, 6.45) is 1.66. The van der Waals surface area contributed by atoms with Gasteiger partial charge in [0.2, 0.25) is 0 Å². The van der Waals surface area contributed by atoms with Crippen LogP contribution in [0.15, 0.2) is 10.7 Å². The summed E-state index contributed by atoms with van der Waals surface area (Å²) in [5.74, 6) is 0.758. The summed E-state index contributed by atoms with van der Waals surface area (Å²) in [5.41, 5.74) is 7.58. The van der Waals surface area contributed by atoms with Crippen LogP contribution in [0.5, 0.6) is 0 Å².